The first-order chi connectivity index (χ1) is 7.88. The van der Waals surface area contributed by atoms with Gasteiger partial charge in [0.25, 0.3) is 0 Å². The van der Waals surface area contributed by atoms with Gasteiger partial charge in [0.05, 0.1) is 6.61 Å². The van der Waals surface area contributed by atoms with Crippen LogP contribution >= 0.6 is 0 Å². The zero-order chi connectivity index (χ0) is 13.3. The molecule has 0 bridgehead atoms. The minimum Gasteiger partial charge on any atom is -0.368 e. The van der Waals surface area contributed by atoms with Crippen molar-refractivity contribution in [2.45, 2.75) is 64.8 Å². The van der Waals surface area contributed by atoms with E-state index < -0.39 is 12.3 Å². The van der Waals surface area contributed by atoms with Crippen LogP contribution in [0, 0.1) is 0 Å². The second-order valence-electron chi connectivity index (χ2n) is 4.41. The molecule has 5 heteroatoms. The van der Waals surface area contributed by atoms with Crippen molar-refractivity contribution in [1.82, 2.24) is 5.32 Å². The Balaban J connectivity index is 3.44. The van der Waals surface area contributed by atoms with Crippen molar-refractivity contribution in [1.29, 1.82) is 0 Å². The highest BCUT2D eigenvalue weighted by molar-refractivity contribution is 4.63. The lowest BCUT2D eigenvalue weighted by Crippen LogP contribution is -2.34. The van der Waals surface area contributed by atoms with Crippen LogP contribution < -0.4 is 5.32 Å². The molecular formula is C12H24F3NO. The van der Waals surface area contributed by atoms with E-state index in [-0.39, 0.29) is 6.61 Å². The Morgan fingerprint density at radius 1 is 1.18 bits per heavy atom. The molecule has 17 heavy (non-hydrogen) atoms. The smallest absolute Gasteiger partial charge is 0.368 e. The Morgan fingerprint density at radius 3 is 2.35 bits per heavy atom. The fraction of sp³-hybridized carbons (Fsp3) is 1.00. The van der Waals surface area contributed by atoms with E-state index in [9.17, 15) is 13.2 Å². The maximum absolute atomic E-state index is 12.1. The van der Waals surface area contributed by atoms with Crippen molar-refractivity contribution in [3.05, 3.63) is 0 Å². The monoisotopic (exact) mass is 255 g/mol. The molecular weight excluding hydrogens is 231 g/mol. The largest absolute Gasteiger partial charge is 0.414 e. The number of unbranched alkanes of at least 4 members (excludes halogenated alkanes) is 2. The molecule has 0 aliphatic rings. The normalized spacial score (nSPS) is 15.9. The van der Waals surface area contributed by atoms with Gasteiger partial charge >= 0.3 is 6.18 Å². The lowest BCUT2D eigenvalue weighted by atomic mass is 10.1. The Morgan fingerprint density at radius 2 is 1.82 bits per heavy atom. The summed E-state index contributed by atoms with van der Waals surface area (Å²) in [7, 11) is 0. The average Bonchev–Trinajstić information content (AvgIpc) is 2.23. The Hall–Kier alpha value is -0.290. The van der Waals surface area contributed by atoms with Crippen molar-refractivity contribution in [2.24, 2.45) is 0 Å². The third-order valence-electron chi connectivity index (χ3n) is 2.66. The molecule has 0 aromatic heterocycles. The molecule has 0 aromatic carbocycles. The fourth-order valence-electron chi connectivity index (χ4n) is 1.44. The lowest BCUT2D eigenvalue weighted by Gasteiger charge is -2.18. The fourth-order valence-corrected chi connectivity index (χ4v) is 1.44. The average molecular weight is 255 g/mol. The predicted molar refractivity (Wildman–Crippen MR) is 63.1 cm³/mol. The third-order valence-corrected chi connectivity index (χ3v) is 2.66. The van der Waals surface area contributed by atoms with Gasteiger partial charge in [0.15, 0.2) is 6.10 Å². The summed E-state index contributed by atoms with van der Waals surface area (Å²) < 4.78 is 41.0. The SMILES string of the molecule is CCCCCC(C)NCCOC(C)C(F)(F)F. The first-order valence-electron chi connectivity index (χ1n) is 6.29. The summed E-state index contributed by atoms with van der Waals surface area (Å²) >= 11 is 0. The molecule has 0 aliphatic heterocycles. The number of ether oxygens (including phenoxy) is 1. The number of rotatable bonds is 9. The van der Waals surface area contributed by atoms with Gasteiger partial charge in [-0.05, 0) is 20.3 Å². The first kappa shape index (κ1) is 16.7. The van der Waals surface area contributed by atoms with Gasteiger partial charge in [-0.1, -0.05) is 26.2 Å². The number of hydrogen-bond donors (Lipinski definition) is 1. The minimum atomic E-state index is -4.26. The Bertz CT molecular complexity index is 185. The van der Waals surface area contributed by atoms with Crippen LogP contribution in [-0.2, 0) is 4.74 Å². The van der Waals surface area contributed by atoms with Crippen molar-refractivity contribution in [3.63, 3.8) is 0 Å². The highest BCUT2D eigenvalue weighted by atomic mass is 19.4. The van der Waals surface area contributed by atoms with Gasteiger partial charge in [-0.15, -0.1) is 0 Å². The van der Waals surface area contributed by atoms with E-state index in [1.165, 1.54) is 12.8 Å². The molecule has 0 spiro atoms. The summed E-state index contributed by atoms with van der Waals surface area (Å²) in [6.07, 6.45) is -1.34. The maximum atomic E-state index is 12.1. The summed E-state index contributed by atoms with van der Waals surface area (Å²) in [5, 5.41) is 3.16. The molecule has 2 atom stereocenters. The zero-order valence-corrected chi connectivity index (χ0v) is 10.9. The quantitative estimate of drug-likeness (QED) is 0.637. The van der Waals surface area contributed by atoms with Crippen LogP contribution in [0.2, 0.25) is 0 Å². The van der Waals surface area contributed by atoms with Crippen LogP contribution in [0.3, 0.4) is 0 Å². The van der Waals surface area contributed by atoms with Gasteiger partial charge in [-0.3, -0.25) is 0 Å². The highest BCUT2D eigenvalue weighted by Crippen LogP contribution is 2.21. The molecule has 104 valence electrons. The molecule has 2 unspecified atom stereocenters. The van der Waals surface area contributed by atoms with Gasteiger partial charge in [0.1, 0.15) is 0 Å². The molecule has 0 aliphatic carbocycles. The standard InChI is InChI=1S/C12H24F3NO/c1-4-5-6-7-10(2)16-8-9-17-11(3)12(13,14)15/h10-11,16H,4-9H2,1-3H3. The zero-order valence-electron chi connectivity index (χ0n) is 10.9. The van der Waals surface area contributed by atoms with E-state index in [0.717, 1.165) is 19.8 Å². The summed E-state index contributed by atoms with van der Waals surface area (Å²) in [6, 6.07) is 0.339. The van der Waals surface area contributed by atoms with Crippen molar-refractivity contribution >= 4 is 0 Å². The van der Waals surface area contributed by atoms with Gasteiger partial charge in [0.2, 0.25) is 0 Å². The van der Waals surface area contributed by atoms with E-state index in [2.05, 4.69) is 12.2 Å². The number of nitrogens with one attached hydrogen (secondary N) is 1. The molecule has 0 aromatic rings. The molecule has 1 N–H and O–H groups in total. The van der Waals surface area contributed by atoms with Crippen molar-refractivity contribution in [2.75, 3.05) is 13.2 Å². The molecule has 2 nitrogen and oxygen atoms in total. The summed E-state index contributed by atoms with van der Waals surface area (Å²) in [5.74, 6) is 0. The van der Waals surface area contributed by atoms with E-state index in [4.69, 9.17) is 4.74 Å². The molecule has 0 fully saturated rings. The molecule has 0 rings (SSSR count). The molecule has 0 heterocycles. The van der Waals surface area contributed by atoms with Crippen LogP contribution in [0.1, 0.15) is 46.5 Å². The van der Waals surface area contributed by atoms with E-state index in [0.29, 0.717) is 12.6 Å². The van der Waals surface area contributed by atoms with Crippen LogP contribution in [0.4, 0.5) is 13.2 Å². The summed E-state index contributed by atoms with van der Waals surface area (Å²) in [5.41, 5.74) is 0. The van der Waals surface area contributed by atoms with Crippen LogP contribution in [0.5, 0.6) is 0 Å². The second kappa shape index (κ2) is 8.75. The Labute approximate surface area is 102 Å². The van der Waals surface area contributed by atoms with E-state index in [1.54, 1.807) is 0 Å². The molecule has 0 saturated heterocycles. The van der Waals surface area contributed by atoms with E-state index in [1.807, 2.05) is 6.92 Å². The lowest BCUT2D eigenvalue weighted by molar-refractivity contribution is -0.213. The number of alkyl halides is 3. The number of hydrogen-bond acceptors (Lipinski definition) is 2. The van der Waals surface area contributed by atoms with E-state index >= 15 is 0 Å². The van der Waals surface area contributed by atoms with Gasteiger partial charge in [-0.25, -0.2) is 0 Å². The predicted octanol–water partition coefficient (Wildman–Crippen LogP) is 3.51. The second-order valence-corrected chi connectivity index (χ2v) is 4.41. The topological polar surface area (TPSA) is 21.3 Å². The van der Waals surface area contributed by atoms with Crippen molar-refractivity contribution < 1.29 is 17.9 Å². The molecule has 0 saturated carbocycles. The number of halogens is 3. The van der Waals surface area contributed by atoms with Crippen LogP contribution in [-0.4, -0.2) is 31.5 Å². The first-order valence-corrected chi connectivity index (χ1v) is 6.29. The third kappa shape index (κ3) is 9.41. The van der Waals surface area contributed by atoms with Gasteiger partial charge in [0, 0.05) is 12.6 Å². The Kier molecular flexibility index (Phi) is 8.60. The van der Waals surface area contributed by atoms with Crippen molar-refractivity contribution in [3.8, 4) is 0 Å². The van der Waals surface area contributed by atoms with Gasteiger partial charge in [-0.2, -0.15) is 13.2 Å². The van der Waals surface area contributed by atoms with Crippen LogP contribution in [0.15, 0.2) is 0 Å². The maximum Gasteiger partial charge on any atom is 0.414 e. The van der Waals surface area contributed by atoms with Gasteiger partial charge < -0.3 is 10.1 Å². The summed E-state index contributed by atoms with van der Waals surface area (Å²) in [6.45, 7) is 5.78. The molecule has 0 amide bonds. The molecule has 0 radical (unpaired) electrons. The highest BCUT2D eigenvalue weighted by Gasteiger charge is 2.36. The summed E-state index contributed by atoms with van der Waals surface area (Å²) in [4.78, 5) is 0. The van der Waals surface area contributed by atoms with Crippen LogP contribution in [0.25, 0.3) is 0 Å². The minimum absolute atomic E-state index is 0.0960.